The molecule has 2 heterocycles. The van der Waals surface area contributed by atoms with E-state index in [0.717, 1.165) is 42.6 Å². The number of sulfonamides is 1. The first-order valence-electron chi connectivity index (χ1n) is 11.7. The van der Waals surface area contributed by atoms with Gasteiger partial charge in [0.05, 0.1) is 4.90 Å². The van der Waals surface area contributed by atoms with Crippen LogP contribution < -0.4 is 4.90 Å². The van der Waals surface area contributed by atoms with Crippen molar-refractivity contribution in [2.45, 2.75) is 51.0 Å². The topological polar surface area (TPSA) is 78.0 Å². The number of amides is 2. The van der Waals surface area contributed by atoms with E-state index in [1.54, 1.807) is 23.1 Å². The van der Waals surface area contributed by atoms with Crippen LogP contribution in [0.25, 0.3) is 0 Å². The van der Waals surface area contributed by atoms with E-state index in [1.807, 2.05) is 43.0 Å². The molecule has 4 rings (SSSR count). The molecule has 7 nitrogen and oxygen atoms in total. The molecule has 2 aliphatic rings. The zero-order chi connectivity index (χ0) is 23.6. The van der Waals surface area contributed by atoms with E-state index in [9.17, 15) is 18.0 Å². The second-order valence-corrected chi connectivity index (χ2v) is 10.5. The fourth-order valence-corrected chi connectivity index (χ4v) is 6.17. The molecular formula is C25H31N3O4S. The van der Waals surface area contributed by atoms with Gasteiger partial charge in [-0.2, -0.15) is 4.31 Å². The van der Waals surface area contributed by atoms with Gasteiger partial charge < -0.3 is 9.80 Å². The first kappa shape index (κ1) is 23.4. The Kier molecular flexibility index (Phi) is 6.86. The van der Waals surface area contributed by atoms with E-state index in [2.05, 4.69) is 0 Å². The van der Waals surface area contributed by atoms with E-state index in [0.29, 0.717) is 38.2 Å². The van der Waals surface area contributed by atoms with Crippen molar-refractivity contribution in [1.82, 2.24) is 9.21 Å². The number of hydrogen-bond acceptors (Lipinski definition) is 4. The van der Waals surface area contributed by atoms with Gasteiger partial charge in [-0.25, -0.2) is 8.42 Å². The molecule has 0 saturated carbocycles. The highest BCUT2D eigenvalue weighted by atomic mass is 32.2. The monoisotopic (exact) mass is 469 g/mol. The number of anilines is 1. The van der Waals surface area contributed by atoms with Crippen molar-refractivity contribution in [2.75, 3.05) is 31.1 Å². The number of aryl methyl sites for hydroxylation is 1. The smallest absolute Gasteiger partial charge is 0.258 e. The molecule has 0 aromatic heterocycles. The maximum atomic E-state index is 13.3. The lowest BCUT2D eigenvalue weighted by Crippen LogP contribution is -2.36. The Morgan fingerprint density at radius 1 is 0.970 bits per heavy atom. The van der Waals surface area contributed by atoms with Gasteiger partial charge in [0, 0.05) is 50.4 Å². The van der Waals surface area contributed by atoms with E-state index >= 15 is 0 Å². The minimum absolute atomic E-state index is 0.0981. The fraction of sp³-hybridized carbons (Fsp3) is 0.440. The van der Waals surface area contributed by atoms with Crippen LogP contribution in [0.5, 0.6) is 0 Å². The maximum absolute atomic E-state index is 13.3. The summed E-state index contributed by atoms with van der Waals surface area (Å²) in [7, 11) is -3.54. The summed E-state index contributed by atoms with van der Waals surface area (Å²) in [6, 6.07) is 12.5. The number of rotatable bonds is 7. The molecule has 2 aromatic rings. The van der Waals surface area contributed by atoms with Crippen LogP contribution in [0.3, 0.4) is 0 Å². The summed E-state index contributed by atoms with van der Waals surface area (Å²) in [4.78, 5) is 29.0. The van der Waals surface area contributed by atoms with Gasteiger partial charge in [-0.05, 0) is 60.7 Å². The van der Waals surface area contributed by atoms with Gasteiger partial charge in [-0.3, -0.25) is 9.59 Å². The Hall–Kier alpha value is -2.71. The first-order chi connectivity index (χ1) is 15.8. The quantitative estimate of drug-likeness (QED) is 0.622. The molecule has 0 radical (unpaired) electrons. The number of carbonyl (C=O) groups excluding carboxylic acids is 2. The molecule has 0 spiro atoms. The van der Waals surface area contributed by atoms with Crippen molar-refractivity contribution >= 4 is 27.5 Å². The molecule has 1 saturated heterocycles. The predicted molar refractivity (Wildman–Crippen MR) is 128 cm³/mol. The van der Waals surface area contributed by atoms with Crippen molar-refractivity contribution in [3.8, 4) is 0 Å². The molecule has 8 heteroatoms. The highest BCUT2D eigenvalue weighted by Crippen LogP contribution is 2.31. The Bertz CT molecular complexity index is 1140. The average molecular weight is 470 g/mol. The summed E-state index contributed by atoms with van der Waals surface area (Å²) in [6.45, 7) is 6.45. The lowest BCUT2D eigenvalue weighted by Gasteiger charge is -2.30. The summed E-state index contributed by atoms with van der Waals surface area (Å²) in [5, 5.41) is 0. The Morgan fingerprint density at radius 2 is 1.67 bits per heavy atom. The molecule has 33 heavy (non-hydrogen) atoms. The van der Waals surface area contributed by atoms with Crippen LogP contribution in [0, 0.1) is 0 Å². The number of benzene rings is 2. The number of likely N-dealkylation sites (tertiary alicyclic amines) is 1. The van der Waals surface area contributed by atoms with Crippen LogP contribution in [0.1, 0.15) is 54.6 Å². The molecule has 176 valence electrons. The second-order valence-electron chi connectivity index (χ2n) is 8.56. The van der Waals surface area contributed by atoms with Crippen molar-refractivity contribution in [1.29, 1.82) is 0 Å². The van der Waals surface area contributed by atoms with Gasteiger partial charge in [-0.15, -0.1) is 0 Å². The van der Waals surface area contributed by atoms with Crippen LogP contribution >= 0.6 is 0 Å². The van der Waals surface area contributed by atoms with Crippen LogP contribution in [0.2, 0.25) is 0 Å². The normalized spacial score (nSPS) is 16.4. The summed E-state index contributed by atoms with van der Waals surface area (Å²) in [6.07, 6.45) is 3.04. The predicted octanol–water partition coefficient (Wildman–Crippen LogP) is 3.43. The van der Waals surface area contributed by atoms with E-state index in [-0.39, 0.29) is 16.7 Å². The zero-order valence-corrected chi connectivity index (χ0v) is 20.1. The van der Waals surface area contributed by atoms with E-state index in [1.165, 1.54) is 4.31 Å². The zero-order valence-electron chi connectivity index (χ0n) is 19.3. The van der Waals surface area contributed by atoms with Gasteiger partial charge in [-0.1, -0.05) is 26.0 Å². The van der Waals surface area contributed by atoms with Crippen molar-refractivity contribution in [2.24, 2.45) is 0 Å². The minimum Gasteiger partial charge on any atom is -0.338 e. The number of carbonyl (C=O) groups is 2. The molecule has 1 fully saturated rings. The standard InChI is InChI=1S/C25H31N3O4S/c1-3-27(4-2)33(31,32)22-13-14-23-21(17-22)7-5-16-28(23)25(30)20-11-9-19(10-12-20)18-26-15-6-8-24(26)29/h9-14,17H,3-8,15-16,18H2,1-2H3. The van der Waals surface area contributed by atoms with Crippen molar-refractivity contribution < 1.29 is 18.0 Å². The van der Waals surface area contributed by atoms with Gasteiger partial charge in [0.2, 0.25) is 15.9 Å². The highest BCUT2D eigenvalue weighted by molar-refractivity contribution is 7.89. The minimum atomic E-state index is -3.54. The third kappa shape index (κ3) is 4.68. The van der Waals surface area contributed by atoms with Crippen LogP contribution in [0.15, 0.2) is 47.4 Å². The molecule has 2 aromatic carbocycles. The molecule has 0 unspecified atom stereocenters. The van der Waals surface area contributed by atoms with Gasteiger partial charge in [0.25, 0.3) is 5.91 Å². The second kappa shape index (κ2) is 9.65. The number of hydrogen-bond donors (Lipinski definition) is 0. The first-order valence-corrected chi connectivity index (χ1v) is 13.1. The lowest BCUT2D eigenvalue weighted by molar-refractivity contribution is -0.128. The van der Waals surface area contributed by atoms with Crippen LogP contribution in [0.4, 0.5) is 5.69 Å². The fourth-order valence-electron chi connectivity index (χ4n) is 4.66. The summed E-state index contributed by atoms with van der Waals surface area (Å²) < 4.78 is 27.3. The molecule has 0 aliphatic carbocycles. The van der Waals surface area contributed by atoms with Crippen molar-refractivity contribution in [3.05, 3.63) is 59.2 Å². The maximum Gasteiger partial charge on any atom is 0.258 e. The number of fused-ring (bicyclic) bond motifs is 1. The van der Waals surface area contributed by atoms with Crippen LogP contribution in [-0.2, 0) is 27.8 Å². The number of nitrogens with zero attached hydrogens (tertiary/aromatic N) is 3. The Labute approximate surface area is 196 Å². The van der Waals surface area contributed by atoms with Crippen molar-refractivity contribution in [3.63, 3.8) is 0 Å². The third-order valence-electron chi connectivity index (χ3n) is 6.50. The molecule has 0 atom stereocenters. The van der Waals surface area contributed by atoms with E-state index in [4.69, 9.17) is 0 Å². The highest BCUT2D eigenvalue weighted by Gasteiger charge is 2.28. The average Bonchev–Trinajstić information content (AvgIpc) is 3.23. The van der Waals surface area contributed by atoms with Crippen LogP contribution in [-0.4, -0.2) is 55.6 Å². The van der Waals surface area contributed by atoms with Gasteiger partial charge >= 0.3 is 0 Å². The molecular weight excluding hydrogens is 438 g/mol. The summed E-state index contributed by atoms with van der Waals surface area (Å²) in [5.74, 6) is 0.0848. The Balaban J connectivity index is 1.54. The van der Waals surface area contributed by atoms with Gasteiger partial charge in [0.15, 0.2) is 0 Å². The SMILES string of the molecule is CCN(CC)S(=O)(=O)c1ccc2c(c1)CCCN2C(=O)c1ccc(CN2CCCC2=O)cc1. The lowest BCUT2D eigenvalue weighted by atomic mass is 10.0. The summed E-state index contributed by atoms with van der Waals surface area (Å²) in [5.41, 5.74) is 3.25. The molecule has 2 aliphatic heterocycles. The van der Waals surface area contributed by atoms with Gasteiger partial charge in [0.1, 0.15) is 0 Å². The Morgan fingerprint density at radius 3 is 2.30 bits per heavy atom. The molecule has 0 bridgehead atoms. The van der Waals surface area contributed by atoms with E-state index < -0.39 is 10.0 Å². The molecule has 0 N–H and O–H groups in total. The summed E-state index contributed by atoms with van der Waals surface area (Å²) >= 11 is 0. The largest absolute Gasteiger partial charge is 0.338 e. The third-order valence-corrected chi connectivity index (χ3v) is 8.55. The molecule has 2 amide bonds.